The van der Waals surface area contributed by atoms with Gasteiger partial charge in [-0.3, -0.25) is 4.79 Å². The van der Waals surface area contributed by atoms with Crippen molar-refractivity contribution in [2.75, 3.05) is 13.1 Å². The SMILES string of the molecule is Cc1ccc2cc([C@@H](c3nnnn3C3CCCC3)[NH+]3CCC(C)CC3)c(=O)[nH]c2c1. The molecule has 5 rings (SSSR count). The normalized spacial score (nSPS) is 23.8. The van der Waals surface area contributed by atoms with Crippen molar-refractivity contribution in [1.29, 1.82) is 0 Å². The van der Waals surface area contributed by atoms with Gasteiger partial charge in [0.1, 0.15) is 0 Å². The van der Waals surface area contributed by atoms with Crippen LogP contribution in [0.25, 0.3) is 10.9 Å². The average Bonchev–Trinajstić information content (AvgIpc) is 3.42. The van der Waals surface area contributed by atoms with Gasteiger partial charge in [-0.15, -0.1) is 5.10 Å². The van der Waals surface area contributed by atoms with Crippen molar-refractivity contribution in [3.8, 4) is 0 Å². The highest BCUT2D eigenvalue weighted by Crippen LogP contribution is 2.31. The molecule has 7 nitrogen and oxygen atoms in total. The van der Waals surface area contributed by atoms with Crippen molar-refractivity contribution >= 4 is 10.9 Å². The Bertz CT molecular complexity index is 1090. The molecule has 30 heavy (non-hydrogen) atoms. The number of fused-ring (bicyclic) bond motifs is 1. The molecule has 0 bridgehead atoms. The van der Waals surface area contributed by atoms with Gasteiger partial charge in [0.05, 0.1) is 24.7 Å². The summed E-state index contributed by atoms with van der Waals surface area (Å²) in [5, 5.41) is 14.0. The number of aromatic amines is 1. The number of hydrogen-bond donors (Lipinski definition) is 2. The van der Waals surface area contributed by atoms with Crippen molar-refractivity contribution in [3.05, 3.63) is 51.6 Å². The van der Waals surface area contributed by atoms with Crippen LogP contribution < -0.4 is 10.5 Å². The molecule has 1 aromatic carbocycles. The molecule has 0 radical (unpaired) electrons. The summed E-state index contributed by atoms with van der Waals surface area (Å²) in [5.41, 5.74) is 2.79. The zero-order chi connectivity index (χ0) is 20.7. The van der Waals surface area contributed by atoms with Crippen LogP contribution in [-0.2, 0) is 0 Å². The van der Waals surface area contributed by atoms with Crippen LogP contribution in [0.1, 0.15) is 74.5 Å². The smallest absolute Gasteiger partial charge is 0.258 e. The largest absolute Gasteiger partial charge is 0.322 e. The maximum Gasteiger partial charge on any atom is 0.258 e. The number of benzene rings is 1. The number of rotatable bonds is 4. The number of H-pyrrole nitrogens is 1. The Morgan fingerprint density at radius 1 is 1.13 bits per heavy atom. The summed E-state index contributed by atoms with van der Waals surface area (Å²) in [6.45, 7) is 6.44. The van der Waals surface area contributed by atoms with E-state index in [0.717, 1.165) is 59.7 Å². The molecule has 3 heterocycles. The van der Waals surface area contributed by atoms with E-state index in [-0.39, 0.29) is 11.6 Å². The highest BCUT2D eigenvalue weighted by atomic mass is 16.1. The first-order chi connectivity index (χ1) is 14.6. The lowest BCUT2D eigenvalue weighted by Gasteiger charge is -2.33. The Labute approximate surface area is 176 Å². The number of quaternary nitrogens is 1. The van der Waals surface area contributed by atoms with Gasteiger partial charge in [-0.25, -0.2) is 4.68 Å². The molecule has 0 amide bonds. The van der Waals surface area contributed by atoms with Crippen LogP contribution in [0.2, 0.25) is 0 Å². The van der Waals surface area contributed by atoms with Crippen molar-refractivity contribution in [3.63, 3.8) is 0 Å². The van der Waals surface area contributed by atoms with Crippen LogP contribution in [0, 0.1) is 12.8 Å². The van der Waals surface area contributed by atoms with E-state index in [1.807, 2.05) is 17.7 Å². The van der Waals surface area contributed by atoms with Gasteiger partial charge in [-0.1, -0.05) is 31.9 Å². The molecule has 2 N–H and O–H groups in total. The minimum Gasteiger partial charge on any atom is -0.322 e. The van der Waals surface area contributed by atoms with Gasteiger partial charge in [-0.05, 0) is 72.0 Å². The Kier molecular flexibility index (Phi) is 5.15. The summed E-state index contributed by atoms with van der Waals surface area (Å²) in [6.07, 6.45) is 7.01. The van der Waals surface area contributed by atoms with E-state index in [9.17, 15) is 4.79 Å². The second-order valence-corrected chi connectivity index (χ2v) is 9.34. The summed E-state index contributed by atoms with van der Waals surface area (Å²) in [6, 6.07) is 8.50. The van der Waals surface area contributed by atoms with Gasteiger partial charge in [0.25, 0.3) is 5.56 Å². The number of nitrogens with one attached hydrogen (secondary N) is 2. The minimum absolute atomic E-state index is 0.0230. The van der Waals surface area contributed by atoms with Crippen molar-refractivity contribution < 1.29 is 4.90 Å². The monoisotopic (exact) mass is 407 g/mol. The molecular formula is C23H31N6O+. The lowest BCUT2D eigenvalue weighted by atomic mass is 9.95. The number of tetrazole rings is 1. The van der Waals surface area contributed by atoms with Crippen LogP contribution in [-0.4, -0.2) is 38.3 Å². The summed E-state index contributed by atoms with van der Waals surface area (Å²) < 4.78 is 2.03. The Morgan fingerprint density at radius 2 is 1.90 bits per heavy atom. The number of hydrogen-bond acceptors (Lipinski definition) is 4. The molecule has 3 aromatic rings. The lowest BCUT2D eigenvalue weighted by Crippen LogP contribution is -3.13. The van der Waals surface area contributed by atoms with E-state index in [1.54, 1.807) is 0 Å². The Morgan fingerprint density at radius 3 is 2.67 bits per heavy atom. The highest BCUT2D eigenvalue weighted by Gasteiger charge is 2.37. The molecule has 1 aliphatic heterocycles. The van der Waals surface area contributed by atoms with E-state index < -0.39 is 0 Å². The predicted octanol–water partition coefficient (Wildman–Crippen LogP) is 2.34. The van der Waals surface area contributed by atoms with Crippen molar-refractivity contribution in [2.24, 2.45) is 5.92 Å². The van der Waals surface area contributed by atoms with E-state index in [0.29, 0.717) is 6.04 Å². The number of aromatic nitrogens is 5. The standard InChI is InChI=1S/C23H30N6O/c1-15-9-11-28(12-10-15)21(22-25-26-27-29(22)18-5-3-4-6-18)19-14-17-8-7-16(2)13-20(17)24-23(19)30/h7-8,13-15,18,21H,3-6,9-12H2,1-2H3,(H,24,30)/p+1/t21-/m0/s1. The van der Waals surface area contributed by atoms with Crippen LogP contribution >= 0.6 is 0 Å². The number of piperidine rings is 1. The van der Waals surface area contributed by atoms with Crippen LogP contribution in [0.4, 0.5) is 0 Å². The molecule has 0 spiro atoms. The summed E-state index contributed by atoms with van der Waals surface area (Å²) >= 11 is 0. The fourth-order valence-corrected chi connectivity index (χ4v) is 5.31. The third-order valence-electron chi connectivity index (χ3n) is 7.11. The summed E-state index contributed by atoms with van der Waals surface area (Å²) in [4.78, 5) is 17.8. The highest BCUT2D eigenvalue weighted by molar-refractivity contribution is 5.79. The zero-order valence-corrected chi connectivity index (χ0v) is 17.9. The Hall–Kier alpha value is -2.54. The van der Waals surface area contributed by atoms with Crippen molar-refractivity contribution in [1.82, 2.24) is 25.2 Å². The van der Waals surface area contributed by atoms with Crippen molar-refractivity contribution in [2.45, 2.75) is 64.5 Å². The first kappa shape index (κ1) is 19.4. The number of likely N-dealkylation sites (tertiary alicyclic amines) is 1. The molecule has 158 valence electrons. The second kappa shape index (κ2) is 7.95. The molecule has 1 saturated carbocycles. The molecule has 2 fully saturated rings. The average molecular weight is 408 g/mol. The molecule has 2 aromatic heterocycles. The number of pyridine rings is 1. The van der Waals surface area contributed by atoms with Crippen LogP contribution in [0.3, 0.4) is 0 Å². The maximum absolute atomic E-state index is 13.3. The summed E-state index contributed by atoms with van der Waals surface area (Å²) in [7, 11) is 0. The number of nitrogens with zero attached hydrogens (tertiary/aromatic N) is 4. The van der Waals surface area contributed by atoms with E-state index in [1.165, 1.54) is 30.6 Å². The van der Waals surface area contributed by atoms with E-state index in [2.05, 4.69) is 45.6 Å². The lowest BCUT2D eigenvalue weighted by molar-refractivity contribution is -0.932. The molecule has 2 aliphatic rings. The van der Waals surface area contributed by atoms with Crippen LogP contribution in [0.15, 0.2) is 29.1 Å². The maximum atomic E-state index is 13.3. The quantitative estimate of drug-likeness (QED) is 0.696. The number of aryl methyl sites for hydroxylation is 1. The minimum atomic E-state index is -0.137. The van der Waals surface area contributed by atoms with Gasteiger partial charge < -0.3 is 9.88 Å². The predicted molar refractivity (Wildman–Crippen MR) is 116 cm³/mol. The fraction of sp³-hybridized carbons (Fsp3) is 0.565. The zero-order valence-electron chi connectivity index (χ0n) is 17.9. The topological polar surface area (TPSA) is 80.9 Å². The van der Waals surface area contributed by atoms with E-state index in [4.69, 9.17) is 0 Å². The Balaban J connectivity index is 1.63. The third kappa shape index (κ3) is 3.55. The third-order valence-corrected chi connectivity index (χ3v) is 7.11. The van der Waals surface area contributed by atoms with E-state index >= 15 is 0 Å². The molecule has 1 saturated heterocycles. The van der Waals surface area contributed by atoms with Gasteiger partial charge in [0, 0.05) is 5.52 Å². The molecule has 7 heteroatoms. The van der Waals surface area contributed by atoms with Gasteiger partial charge in [0.2, 0.25) is 5.82 Å². The van der Waals surface area contributed by atoms with Gasteiger partial charge in [-0.2, -0.15) is 0 Å². The van der Waals surface area contributed by atoms with Crippen LogP contribution in [0.5, 0.6) is 0 Å². The molecule has 0 unspecified atom stereocenters. The molecular weight excluding hydrogens is 376 g/mol. The molecule has 1 atom stereocenters. The second-order valence-electron chi connectivity index (χ2n) is 9.34. The van der Waals surface area contributed by atoms with Gasteiger partial charge >= 0.3 is 0 Å². The fourth-order valence-electron chi connectivity index (χ4n) is 5.31. The van der Waals surface area contributed by atoms with Gasteiger partial charge in [0.15, 0.2) is 6.04 Å². The summed E-state index contributed by atoms with van der Waals surface area (Å²) in [5.74, 6) is 1.58. The first-order valence-corrected chi connectivity index (χ1v) is 11.4. The molecule has 1 aliphatic carbocycles. The first-order valence-electron chi connectivity index (χ1n) is 11.4.